The highest BCUT2D eigenvalue weighted by molar-refractivity contribution is 6.31. The second-order valence-electron chi connectivity index (χ2n) is 6.36. The number of anilines is 1. The van der Waals surface area contributed by atoms with Crippen molar-refractivity contribution >= 4 is 23.1 Å². The minimum Gasteiger partial charge on any atom is -0.378 e. The monoisotopic (exact) mass is 323 g/mol. The Balaban J connectivity index is 1.81. The zero-order valence-electron chi connectivity index (χ0n) is 12.9. The van der Waals surface area contributed by atoms with Crippen LogP contribution in [-0.2, 0) is 0 Å². The SMILES string of the molecule is CC(=O)c1ccc2c(c1)[C@H]1C=CC[C@@H]1[C@H](c1ccccc1Cl)N2. The molecule has 0 fully saturated rings. The van der Waals surface area contributed by atoms with Gasteiger partial charge >= 0.3 is 0 Å². The van der Waals surface area contributed by atoms with E-state index in [4.69, 9.17) is 11.6 Å². The van der Waals surface area contributed by atoms with E-state index in [-0.39, 0.29) is 11.8 Å². The van der Waals surface area contributed by atoms with Crippen LogP contribution in [0, 0.1) is 5.92 Å². The lowest BCUT2D eigenvalue weighted by Crippen LogP contribution is -2.29. The Morgan fingerprint density at radius 1 is 1.17 bits per heavy atom. The maximum Gasteiger partial charge on any atom is 0.159 e. The van der Waals surface area contributed by atoms with Crippen LogP contribution in [0.4, 0.5) is 5.69 Å². The Bertz CT molecular complexity index is 811. The predicted molar refractivity (Wildman–Crippen MR) is 94.3 cm³/mol. The van der Waals surface area contributed by atoms with Gasteiger partial charge in [-0.25, -0.2) is 0 Å². The van der Waals surface area contributed by atoms with Gasteiger partial charge in [-0.1, -0.05) is 42.0 Å². The molecule has 1 aliphatic carbocycles. The summed E-state index contributed by atoms with van der Waals surface area (Å²) in [6.07, 6.45) is 5.55. The van der Waals surface area contributed by atoms with Crippen molar-refractivity contribution in [3.05, 3.63) is 76.3 Å². The van der Waals surface area contributed by atoms with Crippen molar-refractivity contribution in [3.8, 4) is 0 Å². The first-order valence-corrected chi connectivity index (χ1v) is 8.35. The molecule has 0 aromatic heterocycles. The molecule has 0 amide bonds. The van der Waals surface area contributed by atoms with E-state index < -0.39 is 0 Å². The third-order valence-electron chi connectivity index (χ3n) is 5.01. The van der Waals surface area contributed by atoms with E-state index >= 15 is 0 Å². The van der Waals surface area contributed by atoms with Gasteiger partial charge in [0.15, 0.2) is 5.78 Å². The summed E-state index contributed by atoms with van der Waals surface area (Å²) in [4.78, 5) is 11.7. The van der Waals surface area contributed by atoms with Crippen LogP contribution < -0.4 is 5.32 Å². The lowest BCUT2D eigenvalue weighted by atomic mass is 9.76. The van der Waals surface area contributed by atoms with Crippen molar-refractivity contribution in [3.63, 3.8) is 0 Å². The standard InChI is InChI=1S/C20H18ClNO/c1-12(23)13-9-10-19-17(11-13)14-6-4-7-15(14)20(22-19)16-5-2-3-8-18(16)21/h2-6,8-11,14-15,20,22H,7H2,1H3/t14-,15-,20+/m0/s1. The summed E-state index contributed by atoms with van der Waals surface area (Å²) in [6, 6.07) is 14.2. The van der Waals surface area contributed by atoms with Crippen molar-refractivity contribution < 1.29 is 4.79 Å². The molecular weight excluding hydrogens is 306 g/mol. The smallest absolute Gasteiger partial charge is 0.159 e. The number of halogens is 1. The third-order valence-corrected chi connectivity index (χ3v) is 5.35. The van der Waals surface area contributed by atoms with Gasteiger partial charge in [-0.15, -0.1) is 0 Å². The molecule has 1 heterocycles. The quantitative estimate of drug-likeness (QED) is 0.594. The fourth-order valence-corrected chi connectivity index (χ4v) is 4.10. The normalized spacial score (nSPS) is 24.7. The first-order chi connectivity index (χ1) is 11.1. The molecule has 1 N–H and O–H groups in total. The van der Waals surface area contributed by atoms with Crippen LogP contribution in [0.3, 0.4) is 0 Å². The molecule has 1 aliphatic heterocycles. The van der Waals surface area contributed by atoms with E-state index in [2.05, 4.69) is 23.5 Å². The van der Waals surface area contributed by atoms with E-state index in [0.717, 1.165) is 28.3 Å². The fraction of sp³-hybridized carbons (Fsp3) is 0.250. The van der Waals surface area contributed by atoms with Gasteiger partial charge in [-0.2, -0.15) is 0 Å². The van der Waals surface area contributed by atoms with E-state index in [1.165, 1.54) is 5.56 Å². The lowest BCUT2D eigenvalue weighted by Gasteiger charge is -2.38. The molecule has 2 aromatic rings. The predicted octanol–water partition coefficient (Wildman–Crippen LogP) is 5.37. The second kappa shape index (κ2) is 5.54. The zero-order valence-corrected chi connectivity index (χ0v) is 13.7. The summed E-state index contributed by atoms with van der Waals surface area (Å²) >= 11 is 6.44. The van der Waals surface area contributed by atoms with Crippen LogP contribution in [0.15, 0.2) is 54.6 Å². The summed E-state index contributed by atoms with van der Waals surface area (Å²) in [7, 11) is 0. The summed E-state index contributed by atoms with van der Waals surface area (Å²) in [5.74, 6) is 0.885. The van der Waals surface area contributed by atoms with Crippen molar-refractivity contribution in [2.24, 2.45) is 5.92 Å². The highest BCUT2D eigenvalue weighted by atomic mass is 35.5. The zero-order chi connectivity index (χ0) is 16.0. The topological polar surface area (TPSA) is 29.1 Å². The van der Waals surface area contributed by atoms with Gasteiger partial charge in [0.05, 0.1) is 6.04 Å². The highest BCUT2D eigenvalue weighted by Crippen LogP contribution is 2.50. The van der Waals surface area contributed by atoms with Crippen LogP contribution in [0.1, 0.15) is 46.8 Å². The minimum atomic E-state index is 0.111. The van der Waals surface area contributed by atoms with Crippen LogP contribution in [0.2, 0.25) is 5.02 Å². The lowest BCUT2D eigenvalue weighted by molar-refractivity contribution is 0.101. The molecule has 3 heteroatoms. The number of nitrogens with one attached hydrogen (secondary N) is 1. The van der Waals surface area contributed by atoms with Crippen LogP contribution in [0.25, 0.3) is 0 Å². The van der Waals surface area contributed by atoms with Gasteiger partial charge in [0.25, 0.3) is 0 Å². The molecule has 0 bridgehead atoms. The van der Waals surface area contributed by atoms with Crippen molar-refractivity contribution in [2.45, 2.75) is 25.3 Å². The molecule has 23 heavy (non-hydrogen) atoms. The largest absolute Gasteiger partial charge is 0.378 e. The van der Waals surface area contributed by atoms with E-state index in [9.17, 15) is 4.79 Å². The van der Waals surface area contributed by atoms with Gasteiger partial charge in [-0.05, 0) is 54.7 Å². The van der Waals surface area contributed by atoms with Crippen LogP contribution in [-0.4, -0.2) is 5.78 Å². The van der Waals surface area contributed by atoms with E-state index in [1.54, 1.807) is 6.92 Å². The number of hydrogen-bond donors (Lipinski definition) is 1. The van der Waals surface area contributed by atoms with Gasteiger partial charge in [-0.3, -0.25) is 4.79 Å². The number of carbonyl (C=O) groups excluding carboxylic acids is 1. The number of ketones is 1. The maximum atomic E-state index is 11.7. The molecule has 116 valence electrons. The summed E-state index contributed by atoms with van der Waals surface area (Å²) in [5, 5.41) is 4.46. The first-order valence-electron chi connectivity index (χ1n) is 7.97. The van der Waals surface area contributed by atoms with Gasteiger partial charge in [0.1, 0.15) is 0 Å². The molecule has 0 saturated carbocycles. The van der Waals surface area contributed by atoms with E-state index in [1.807, 2.05) is 36.4 Å². The number of hydrogen-bond acceptors (Lipinski definition) is 2. The molecule has 3 atom stereocenters. The number of benzene rings is 2. The average Bonchev–Trinajstić information content (AvgIpc) is 3.04. The van der Waals surface area contributed by atoms with E-state index in [0.29, 0.717) is 11.8 Å². The maximum absolute atomic E-state index is 11.7. The Morgan fingerprint density at radius 3 is 2.78 bits per heavy atom. The van der Waals surface area contributed by atoms with Gasteiger partial charge in [0.2, 0.25) is 0 Å². The Labute approximate surface area is 141 Å². The molecule has 0 radical (unpaired) electrons. The highest BCUT2D eigenvalue weighted by Gasteiger charge is 2.38. The molecule has 2 nitrogen and oxygen atoms in total. The summed E-state index contributed by atoms with van der Waals surface area (Å²) < 4.78 is 0. The van der Waals surface area contributed by atoms with Gasteiger partial charge in [0, 0.05) is 22.2 Å². The number of carbonyl (C=O) groups is 1. The molecule has 0 unspecified atom stereocenters. The Kier molecular flexibility index (Phi) is 3.50. The number of allylic oxidation sites excluding steroid dienone is 2. The minimum absolute atomic E-state index is 0.111. The first kappa shape index (κ1) is 14.5. The number of rotatable bonds is 2. The molecular formula is C20H18ClNO. The van der Waals surface area contributed by atoms with Gasteiger partial charge < -0.3 is 5.32 Å². The molecule has 0 saturated heterocycles. The van der Waals surface area contributed by atoms with Crippen LogP contribution >= 0.6 is 11.6 Å². The van der Waals surface area contributed by atoms with Crippen LogP contribution in [0.5, 0.6) is 0 Å². The van der Waals surface area contributed by atoms with Crippen molar-refractivity contribution in [1.82, 2.24) is 0 Å². The molecule has 0 spiro atoms. The molecule has 2 aromatic carbocycles. The fourth-order valence-electron chi connectivity index (χ4n) is 3.85. The van der Waals surface area contributed by atoms with Crippen molar-refractivity contribution in [1.29, 1.82) is 0 Å². The number of Topliss-reactive ketones (excluding diaryl/α,β-unsaturated/α-hetero) is 1. The summed E-state index contributed by atoms with van der Waals surface area (Å²) in [5.41, 5.74) is 4.25. The Morgan fingerprint density at radius 2 is 2.00 bits per heavy atom. The Hall–Kier alpha value is -2.06. The summed E-state index contributed by atoms with van der Waals surface area (Å²) in [6.45, 7) is 1.62. The average molecular weight is 324 g/mol. The number of fused-ring (bicyclic) bond motifs is 3. The second-order valence-corrected chi connectivity index (χ2v) is 6.76. The van der Waals surface area contributed by atoms with Crippen molar-refractivity contribution in [2.75, 3.05) is 5.32 Å². The third kappa shape index (κ3) is 2.38. The molecule has 4 rings (SSSR count). The molecule has 2 aliphatic rings.